The van der Waals surface area contributed by atoms with E-state index < -0.39 is 0 Å². The third-order valence-corrected chi connectivity index (χ3v) is 6.29. The lowest BCUT2D eigenvalue weighted by molar-refractivity contribution is -0.132. The summed E-state index contributed by atoms with van der Waals surface area (Å²) < 4.78 is 13.6. The van der Waals surface area contributed by atoms with Crippen LogP contribution < -0.4 is 4.74 Å². The van der Waals surface area contributed by atoms with Crippen LogP contribution in [0.4, 0.5) is 0 Å². The maximum atomic E-state index is 13.1. The summed E-state index contributed by atoms with van der Waals surface area (Å²) in [6, 6.07) is 15.4. The van der Waals surface area contributed by atoms with Crippen molar-refractivity contribution >= 4 is 29.2 Å². The standard InChI is InChI=1S/C24H25N5O3S/c1-2-31-18-9-7-16(8-10-18)22-26-27-24(33)29(22)15-21(30)28-13-11-17(12-14-28)23-25-19-5-3-4-6-20(19)32-23/h3-10,17H,2,11-15H2,1H3,(H,27,33). The van der Waals surface area contributed by atoms with E-state index in [0.717, 1.165) is 41.1 Å². The van der Waals surface area contributed by atoms with Gasteiger partial charge in [0.05, 0.1) is 6.61 Å². The molecular formula is C24H25N5O3S. The summed E-state index contributed by atoms with van der Waals surface area (Å²) >= 11 is 5.40. The predicted octanol–water partition coefficient (Wildman–Crippen LogP) is 4.55. The molecule has 0 bridgehead atoms. The number of benzene rings is 2. The van der Waals surface area contributed by atoms with Crippen LogP contribution in [0.25, 0.3) is 22.5 Å². The van der Waals surface area contributed by atoms with E-state index in [9.17, 15) is 4.79 Å². The molecule has 1 fully saturated rings. The molecule has 1 aliphatic rings. The Bertz CT molecular complexity index is 1280. The van der Waals surface area contributed by atoms with Gasteiger partial charge in [-0.2, -0.15) is 5.10 Å². The van der Waals surface area contributed by atoms with E-state index in [2.05, 4.69) is 15.2 Å². The first-order valence-electron chi connectivity index (χ1n) is 11.1. The number of fused-ring (bicyclic) bond motifs is 1. The minimum absolute atomic E-state index is 0.0238. The fourth-order valence-corrected chi connectivity index (χ4v) is 4.42. The number of H-pyrrole nitrogens is 1. The Morgan fingerprint density at radius 2 is 1.94 bits per heavy atom. The highest BCUT2D eigenvalue weighted by Crippen LogP contribution is 2.30. The fourth-order valence-electron chi connectivity index (χ4n) is 4.23. The lowest BCUT2D eigenvalue weighted by Gasteiger charge is -2.30. The Hall–Kier alpha value is -3.46. The van der Waals surface area contributed by atoms with Crippen LogP contribution in [0.2, 0.25) is 0 Å². The quantitative estimate of drug-likeness (QED) is 0.422. The molecule has 0 atom stereocenters. The zero-order valence-corrected chi connectivity index (χ0v) is 19.2. The number of nitrogens with zero attached hydrogens (tertiary/aromatic N) is 4. The molecule has 2 aromatic carbocycles. The molecule has 1 aliphatic heterocycles. The van der Waals surface area contributed by atoms with Crippen molar-refractivity contribution in [2.45, 2.75) is 32.2 Å². The average molecular weight is 464 g/mol. The highest BCUT2D eigenvalue weighted by Gasteiger charge is 2.27. The lowest BCUT2D eigenvalue weighted by atomic mass is 9.97. The van der Waals surface area contributed by atoms with Crippen molar-refractivity contribution in [3.63, 3.8) is 0 Å². The van der Waals surface area contributed by atoms with Crippen LogP contribution in [-0.2, 0) is 11.3 Å². The maximum absolute atomic E-state index is 13.1. The summed E-state index contributed by atoms with van der Waals surface area (Å²) in [7, 11) is 0. The second-order valence-electron chi connectivity index (χ2n) is 8.07. The van der Waals surface area contributed by atoms with Crippen molar-refractivity contribution in [2.75, 3.05) is 19.7 Å². The highest BCUT2D eigenvalue weighted by molar-refractivity contribution is 7.71. The van der Waals surface area contributed by atoms with Gasteiger partial charge in [-0.05, 0) is 68.4 Å². The molecule has 4 aromatic rings. The normalized spacial score (nSPS) is 14.6. The number of aromatic nitrogens is 4. The number of carbonyl (C=O) groups excluding carboxylic acids is 1. The number of amides is 1. The fraction of sp³-hybridized carbons (Fsp3) is 0.333. The number of para-hydroxylation sites is 2. The molecule has 170 valence electrons. The molecular weight excluding hydrogens is 438 g/mol. The van der Waals surface area contributed by atoms with Crippen molar-refractivity contribution in [2.24, 2.45) is 0 Å². The third kappa shape index (κ3) is 4.41. The monoisotopic (exact) mass is 463 g/mol. The molecule has 0 radical (unpaired) electrons. The minimum atomic E-state index is 0.0238. The number of piperidine rings is 1. The van der Waals surface area contributed by atoms with Gasteiger partial charge < -0.3 is 14.1 Å². The van der Waals surface area contributed by atoms with Gasteiger partial charge >= 0.3 is 0 Å². The molecule has 1 saturated heterocycles. The van der Waals surface area contributed by atoms with Gasteiger partial charge in [-0.25, -0.2) is 4.98 Å². The average Bonchev–Trinajstić information content (AvgIpc) is 3.44. The van der Waals surface area contributed by atoms with Crippen LogP contribution in [0.5, 0.6) is 5.75 Å². The summed E-state index contributed by atoms with van der Waals surface area (Å²) in [5.74, 6) is 2.43. The molecule has 0 spiro atoms. The molecule has 0 aliphatic carbocycles. The van der Waals surface area contributed by atoms with Gasteiger partial charge in [0.2, 0.25) is 5.91 Å². The van der Waals surface area contributed by atoms with E-state index in [1.165, 1.54) is 0 Å². The zero-order valence-electron chi connectivity index (χ0n) is 18.4. The van der Waals surface area contributed by atoms with E-state index in [1.54, 1.807) is 4.57 Å². The Labute approximate surface area is 196 Å². The van der Waals surface area contributed by atoms with Gasteiger partial charge in [0.25, 0.3) is 0 Å². The van der Waals surface area contributed by atoms with Crippen LogP contribution in [0, 0.1) is 4.77 Å². The van der Waals surface area contributed by atoms with Crippen LogP contribution in [0.3, 0.4) is 0 Å². The molecule has 5 rings (SSSR count). The first kappa shape index (κ1) is 21.4. The van der Waals surface area contributed by atoms with Gasteiger partial charge in [-0.3, -0.25) is 14.5 Å². The summed E-state index contributed by atoms with van der Waals surface area (Å²) in [5.41, 5.74) is 2.55. The third-order valence-electron chi connectivity index (χ3n) is 5.98. The Kier molecular flexibility index (Phi) is 5.95. The van der Waals surface area contributed by atoms with Crippen molar-refractivity contribution in [3.8, 4) is 17.1 Å². The number of rotatable bonds is 6. The van der Waals surface area contributed by atoms with Gasteiger partial charge in [-0.15, -0.1) is 0 Å². The summed E-state index contributed by atoms with van der Waals surface area (Å²) in [5, 5.41) is 7.16. The molecule has 2 aromatic heterocycles. The Morgan fingerprint density at radius 3 is 2.67 bits per heavy atom. The van der Waals surface area contributed by atoms with Crippen LogP contribution in [0.15, 0.2) is 52.9 Å². The number of likely N-dealkylation sites (tertiary alicyclic amines) is 1. The number of ether oxygens (including phenoxy) is 1. The second kappa shape index (κ2) is 9.19. The number of aromatic amines is 1. The minimum Gasteiger partial charge on any atom is -0.494 e. The molecule has 9 heteroatoms. The summed E-state index contributed by atoms with van der Waals surface area (Å²) in [6.07, 6.45) is 1.64. The van der Waals surface area contributed by atoms with E-state index in [0.29, 0.717) is 30.3 Å². The number of hydrogen-bond donors (Lipinski definition) is 1. The molecule has 3 heterocycles. The van der Waals surface area contributed by atoms with E-state index in [-0.39, 0.29) is 18.4 Å². The number of carbonyl (C=O) groups is 1. The molecule has 0 unspecified atom stereocenters. The first-order chi connectivity index (χ1) is 16.1. The van der Waals surface area contributed by atoms with Crippen LogP contribution in [-0.4, -0.2) is 50.3 Å². The maximum Gasteiger partial charge on any atom is 0.242 e. The lowest BCUT2D eigenvalue weighted by Crippen LogP contribution is -2.39. The van der Waals surface area contributed by atoms with Gasteiger partial charge in [-0.1, -0.05) is 12.1 Å². The Balaban J connectivity index is 1.25. The van der Waals surface area contributed by atoms with Gasteiger partial charge in [0, 0.05) is 24.6 Å². The predicted molar refractivity (Wildman–Crippen MR) is 127 cm³/mol. The first-order valence-corrected chi connectivity index (χ1v) is 11.5. The van der Waals surface area contributed by atoms with Crippen molar-refractivity contribution in [3.05, 3.63) is 59.2 Å². The van der Waals surface area contributed by atoms with E-state index in [1.807, 2.05) is 60.4 Å². The van der Waals surface area contributed by atoms with Crippen molar-refractivity contribution in [1.82, 2.24) is 24.6 Å². The molecule has 0 saturated carbocycles. The number of nitrogens with one attached hydrogen (secondary N) is 1. The van der Waals surface area contributed by atoms with Gasteiger partial charge in [0.15, 0.2) is 22.1 Å². The molecule has 8 nitrogen and oxygen atoms in total. The number of oxazole rings is 1. The topological polar surface area (TPSA) is 89.2 Å². The SMILES string of the molecule is CCOc1ccc(-c2n[nH]c(=S)n2CC(=O)N2CCC(c3nc4ccccc4o3)CC2)cc1. The number of hydrogen-bond acceptors (Lipinski definition) is 6. The zero-order chi connectivity index (χ0) is 22.8. The van der Waals surface area contributed by atoms with Crippen LogP contribution in [0.1, 0.15) is 31.6 Å². The van der Waals surface area contributed by atoms with E-state index in [4.69, 9.17) is 21.4 Å². The van der Waals surface area contributed by atoms with E-state index >= 15 is 0 Å². The molecule has 1 N–H and O–H groups in total. The highest BCUT2D eigenvalue weighted by atomic mass is 32.1. The molecule has 1 amide bonds. The molecule has 33 heavy (non-hydrogen) atoms. The smallest absolute Gasteiger partial charge is 0.242 e. The second-order valence-corrected chi connectivity index (χ2v) is 8.46. The Morgan fingerprint density at radius 1 is 1.18 bits per heavy atom. The van der Waals surface area contributed by atoms with Crippen molar-refractivity contribution in [1.29, 1.82) is 0 Å². The summed E-state index contributed by atoms with van der Waals surface area (Å²) in [4.78, 5) is 19.6. The summed E-state index contributed by atoms with van der Waals surface area (Å²) in [6.45, 7) is 4.01. The van der Waals surface area contributed by atoms with Crippen molar-refractivity contribution < 1.29 is 13.9 Å². The van der Waals surface area contributed by atoms with Gasteiger partial charge in [0.1, 0.15) is 17.8 Å². The largest absolute Gasteiger partial charge is 0.494 e. The van der Waals surface area contributed by atoms with Crippen LogP contribution >= 0.6 is 12.2 Å².